The maximum Gasteiger partial charge on any atom is 0.234 e. The van der Waals surface area contributed by atoms with Crippen LogP contribution in [0.2, 0.25) is 0 Å². The smallest absolute Gasteiger partial charge is 0.234 e. The summed E-state index contributed by atoms with van der Waals surface area (Å²) in [7, 11) is -3.41. The summed E-state index contributed by atoms with van der Waals surface area (Å²) in [5, 5.41) is 10.7. The van der Waals surface area contributed by atoms with Gasteiger partial charge in [-0.15, -0.1) is 10.2 Å². The Kier molecular flexibility index (Phi) is 7.05. The van der Waals surface area contributed by atoms with Crippen molar-refractivity contribution >= 4 is 56.3 Å². The van der Waals surface area contributed by atoms with Crippen molar-refractivity contribution in [2.45, 2.75) is 20.5 Å². The van der Waals surface area contributed by atoms with Gasteiger partial charge in [-0.25, -0.2) is 8.42 Å². The van der Waals surface area contributed by atoms with Gasteiger partial charge in [0.25, 0.3) is 0 Å². The van der Waals surface area contributed by atoms with E-state index in [2.05, 4.69) is 22.1 Å². The van der Waals surface area contributed by atoms with Crippen molar-refractivity contribution in [3.05, 3.63) is 36.4 Å². The Morgan fingerprint density at radius 2 is 1.80 bits per heavy atom. The molecular weight excluding hydrogens is 398 g/mol. The highest BCUT2D eigenvalue weighted by Crippen LogP contribution is 2.29. The Bertz CT molecular complexity index is 878. The molecule has 1 heterocycles. The SMILES string of the molecule is C=C(C)CSc1nnc(SCC(=O)Nc2ccccc2S(C)(=O)=O)s1. The minimum Gasteiger partial charge on any atom is -0.324 e. The Labute approximate surface area is 159 Å². The van der Waals surface area contributed by atoms with Gasteiger partial charge in [0.1, 0.15) is 0 Å². The first-order valence-electron chi connectivity index (χ1n) is 7.08. The molecular formula is C15H17N3O3S4. The number of hydrogen-bond donors (Lipinski definition) is 1. The number of carbonyl (C=O) groups excluding carboxylic acids is 1. The standard InChI is InChI=1S/C15H17N3O3S4/c1-10(2)8-22-14-17-18-15(24-14)23-9-13(19)16-11-6-4-5-7-12(11)25(3,20)21/h4-7H,1,8-9H2,2-3H3,(H,16,19). The van der Waals surface area contributed by atoms with Gasteiger partial charge in [-0.1, -0.05) is 59.1 Å². The highest BCUT2D eigenvalue weighted by atomic mass is 32.2. The topological polar surface area (TPSA) is 89.0 Å². The molecule has 1 N–H and O–H groups in total. The van der Waals surface area contributed by atoms with Gasteiger partial charge in [-0.2, -0.15) is 0 Å². The van der Waals surface area contributed by atoms with Gasteiger partial charge in [0.2, 0.25) is 5.91 Å². The second-order valence-electron chi connectivity index (χ2n) is 5.18. The van der Waals surface area contributed by atoms with E-state index in [0.717, 1.165) is 21.9 Å². The molecule has 0 fully saturated rings. The van der Waals surface area contributed by atoms with E-state index in [1.165, 1.54) is 29.2 Å². The predicted molar refractivity (Wildman–Crippen MR) is 104 cm³/mol. The average molecular weight is 416 g/mol. The Morgan fingerprint density at radius 1 is 1.20 bits per heavy atom. The number of thioether (sulfide) groups is 2. The van der Waals surface area contributed by atoms with Crippen LogP contribution in [0.5, 0.6) is 0 Å². The fourth-order valence-corrected chi connectivity index (χ4v) is 5.21. The molecule has 25 heavy (non-hydrogen) atoms. The number of sulfone groups is 1. The number of anilines is 1. The van der Waals surface area contributed by atoms with Gasteiger partial charge in [0.15, 0.2) is 18.5 Å². The van der Waals surface area contributed by atoms with Crippen molar-refractivity contribution in [2.75, 3.05) is 23.1 Å². The molecule has 1 amide bonds. The second-order valence-corrected chi connectivity index (χ2v) is 10.6. The van der Waals surface area contributed by atoms with E-state index in [0.29, 0.717) is 4.34 Å². The zero-order valence-electron chi connectivity index (χ0n) is 13.7. The van der Waals surface area contributed by atoms with Crippen LogP contribution in [0.3, 0.4) is 0 Å². The summed E-state index contributed by atoms with van der Waals surface area (Å²) in [5.41, 5.74) is 1.34. The van der Waals surface area contributed by atoms with Crippen LogP contribution in [-0.2, 0) is 14.6 Å². The molecule has 0 spiro atoms. The summed E-state index contributed by atoms with van der Waals surface area (Å²) in [6, 6.07) is 6.32. The van der Waals surface area contributed by atoms with E-state index < -0.39 is 9.84 Å². The van der Waals surface area contributed by atoms with Gasteiger partial charge in [0, 0.05) is 12.0 Å². The summed E-state index contributed by atoms with van der Waals surface area (Å²) < 4.78 is 25.0. The first-order valence-corrected chi connectivity index (χ1v) is 11.8. The average Bonchev–Trinajstić information content (AvgIpc) is 2.98. The van der Waals surface area contributed by atoms with Crippen LogP contribution in [0.25, 0.3) is 0 Å². The van der Waals surface area contributed by atoms with Crippen molar-refractivity contribution in [1.29, 1.82) is 0 Å². The molecule has 0 aliphatic carbocycles. The molecule has 134 valence electrons. The summed E-state index contributed by atoms with van der Waals surface area (Å²) in [6.07, 6.45) is 1.11. The lowest BCUT2D eigenvalue weighted by Crippen LogP contribution is -2.16. The predicted octanol–water partition coefficient (Wildman–Crippen LogP) is 3.34. The Balaban J connectivity index is 1.93. The van der Waals surface area contributed by atoms with Gasteiger partial charge < -0.3 is 5.32 Å². The number of para-hydroxylation sites is 1. The van der Waals surface area contributed by atoms with Gasteiger partial charge in [-0.05, 0) is 19.1 Å². The van der Waals surface area contributed by atoms with Crippen LogP contribution in [0.15, 0.2) is 50.0 Å². The Hall–Kier alpha value is -1.36. The summed E-state index contributed by atoms with van der Waals surface area (Å²) in [5.74, 6) is 0.604. The van der Waals surface area contributed by atoms with Gasteiger partial charge in [0.05, 0.1) is 16.3 Å². The Morgan fingerprint density at radius 3 is 2.40 bits per heavy atom. The summed E-state index contributed by atoms with van der Waals surface area (Å²) >= 11 is 4.24. The lowest BCUT2D eigenvalue weighted by Gasteiger charge is -2.08. The maximum absolute atomic E-state index is 12.1. The molecule has 1 aromatic carbocycles. The van der Waals surface area contributed by atoms with Crippen molar-refractivity contribution in [2.24, 2.45) is 0 Å². The molecule has 0 saturated carbocycles. The first kappa shape index (κ1) is 20.0. The number of benzene rings is 1. The van der Waals surface area contributed by atoms with E-state index in [4.69, 9.17) is 0 Å². The maximum atomic E-state index is 12.1. The van der Waals surface area contributed by atoms with E-state index >= 15 is 0 Å². The second kappa shape index (κ2) is 8.84. The number of carbonyl (C=O) groups is 1. The molecule has 0 atom stereocenters. The van der Waals surface area contributed by atoms with E-state index in [-0.39, 0.29) is 22.2 Å². The highest BCUT2D eigenvalue weighted by Gasteiger charge is 2.15. The van der Waals surface area contributed by atoms with Crippen molar-refractivity contribution in [3.63, 3.8) is 0 Å². The van der Waals surface area contributed by atoms with Crippen molar-refractivity contribution in [3.8, 4) is 0 Å². The van der Waals surface area contributed by atoms with Crippen molar-refractivity contribution < 1.29 is 13.2 Å². The van der Waals surface area contributed by atoms with Crippen LogP contribution in [0, 0.1) is 0 Å². The number of nitrogens with zero attached hydrogens (tertiary/aromatic N) is 2. The lowest BCUT2D eigenvalue weighted by atomic mass is 10.3. The molecule has 1 aromatic heterocycles. The molecule has 10 heteroatoms. The summed E-state index contributed by atoms with van der Waals surface area (Å²) in [4.78, 5) is 12.2. The van der Waals surface area contributed by atoms with Crippen LogP contribution in [-0.4, -0.2) is 42.3 Å². The first-order chi connectivity index (χ1) is 11.8. The zero-order valence-corrected chi connectivity index (χ0v) is 16.9. The zero-order chi connectivity index (χ0) is 18.4. The third kappa shape index (κ3) is 6.46. The molecule has 0 aliphatic rings. The van der Waals surface area contributed by atoms with Crippen molar-refractivity contribution in [1.82, 2.24) is 10.2 Å². The lowest BCUT2D eigenvalue weighted by molar-refractivity contribution is -0.113. The van der Waals surface area contributed by atoms with Crippen LogP contribution in [0.4, 0.5) is 5.69 Å². The third-order valence-corrected chi connectivity index (χ3v) is 7.29. The number of hydrogen-bond acceptors (Lipinski definition) is 8. The van der Waals surface area contributed by atoms with E-state index in [1.54, 1.807) is 30.0 Å². The molecule has 6 nitrogen and oxygen atoms in total. The monoisotopic (exact) mass is 415 g/mol. The molecule has 2 aromatic rings. The van der Waals surface area contributed by atoms with Crippen LogP contribution >= 0.6 is 34.9 Å². The number of amides is 1. The van der Waals surface area contributed by atoms with Gasteiger partial charge >= 0.3 is 0 Å². The van der Waals surface area contributed by atoms with E-state index in [1.807, 2.05) is 6.92 Å². The highest BCUT2D eigenvalue weighted by molar-refractivity contribution is 8.03. The third-order valence-electron chi connectivity index (χ3n) is 2.72. The normalized spacial score (nSPS) is 11.3. The number of nitrogens with one attached hydrogen (secondary N) is 1. The largest absolute Gasteiger partial charge is 0.324 e. The molecule has 0 saturated heterocycles. The van der Waals surface area contributed by atoms with E-state index in [9.17, 15) is 13.2 Å². The molecule has 0 bridgehead atoms. The minimum atomic E-state index is -3.41. The molecule has 2 rings (SSSR count). The fourth-order valence-electron chi connectivity index (χ4n) is 1.71. The molecule has 0 aliphatic heterocycles. The van der Waals surface area contributed by atoms with Gasteiger partial charge in [-0.3, -0.25) is 4.79 Å². The fraction of sp³-hybridized carbons (Fsp3) is 0.267. The van der Waals surface area contributed by atoms with Crippen LogP contribution < -0.4 is 5.32 Å². The van der Waals surface area contributed by atoms with Crippen LogP contribution in [0.1, 0.15) is 6.92 Å². The number of rotatable bonds is 8. The molecule has 0 unspecified atom stereocenters. The summed E-state index contributed by atoms with van der Waals surface area (Å²) in [6.45, 7) is 5.78. The number of aromatic nitrogens is 2. The minimum absolute atomic E-state index is 0.0998. The molecule has 0 radical (unpaired) electrons. The quantitative estimate of drug-likeness (QED) is 0.522.